The Morgan fingerprint density at radius 3 is 2.15 bits per heavy atom. The van der Waals surface area contributed by atoms with Crippen molar-refractivity contribution in [2.45, 2.75) is 50.9 Å². The third kappa shape index (κ3) is 1.72. The smallest absolute Gasteiger partial charge is 0.101 e. The van der Waals surface area contributed by atoms with Gasteiger partial charge in [-0.1, -0.05) is 6.08 Å². The van der Waals surface area contributed by atoms with Crippen LogP contribution in [0.1, 0.15) is 34.6 Å². The summed E-state index contributed by atoms with van der Waals surface area (Å²) in [5, 5.41) is 0. The Bertz CT molecular complexity index is 252. The zero-order chi connectivity index (χ0) is 10.4. The molecule has 1 aliphatic rings. The summed E-state index contributed by atoms with van der Waals surface area (Å²) in [4.78, 5) is 0. The molecule has 3 atom stereocenters. The van der Waals surface area contributed by atoms with Gasteiger partial charge < -0.3 is 0 Å². The molecule has 0 aromatic heterocycles. The van der Waals surface area contributed by atoms with E-state index in [4.69, 9.17) is 0 Å². The lowest BCUT2D eigenvalue weighted by molar-refractivity contribution is 0.572. The second-order valence-electron chi connectivity index (χ2n) is 5.02. The minimum atomic E-state index is -0.915. The topological polar surface area (TPSA) is 20.1 Å². The summed E-state index contributed by atoms with van der Waals surface area (Å²) in [6, 6.07) is 0.271. The van der Waals surface area contributed by atoms with Crippen LogP contribution in [0.15, 0.2) is 12.7 Å². The molecular weight excluding hydrogens is 182 g/mol. The molecule has 1 heterocycles. The first-order valence-corrected chi connectivity index (χ1v) is 5.67. The normalized spacial score (nSPS) is 33.9. The summed E-state index contributed by atoms with van der Waals surface area (Å²) in [7, 11) is -0.915. The second-order valence-corrected chi connectivity index (χ2v) is 7.14. The van der Waals surface area contributed by atoms with E-state index in [2.05, 4.69) is 20.4 Å². The standard InChI is InChI=1S/C10H19NOS/c1-7-8-10(5,6)11(8)13(12)9(2,3)4/h7-8H,1H2,2-6H3/t8-,11?,13?/m1/s1. The highest BCUT2D eigenvalue weighted by molar-refractivity contribution is 7.84. The van der Waals surface area contributed by atoms with Crippen LogP contribution in [0.2, 0.25) is 0 Å². The van der Waals surface area contributed by atoms with Gasteiger partial charge in [0.25, 0.3) is 0 Å². The second kappa shape index (κ2) is 2.92. The molecule has 3 heteroatoms. The van der Waals surface area contributed by atoms with Crippen LogP contribution in [0.5, 0.6) is 0 Å². The fourth-order valence-electron chi connectivity index (χ4n) is 1.48. The Labute approximate surface area is 83.6 Å². The van der Waals surface area contributed by atoms with E-state index in [1.807, 2.05) is 31.2 Å². The van der Waals surface area contributed by atoms with Crippen LogP contribution < -0.4 is 0 Å². The third-order valence-electron chi connectivity index (χ3n) is 2.40. The van der Waals surface area contributed by atoms with Crippen molar-refractivity contribution in [3.8, 4) is 0 Å². The van der Waals surface area contributed by atoms with Crippen LogP contribution in [-0.2, 0) is 11.0 Å². The van der Waals surface area contributed by atoms with E-state index in [0.29, 0.717) is 0 Å². The molecule has 76 valence electrons. The van der Waals surface area contributed by atoms with Gasteiger partial charge in [-0.25, -0.2) is 8.51 Å². The SMILES string of the molecule is C=C[C@H]1N(S(=O)C(C)(C)C)C1(C)C. The zero-order valence-electron chi connectivity index (χ0n) is 9.13. The van der Waals surface area contributed by atoms with Gasteiger partial charge in [0.2, 0.25) is 0 Å². The fourth-order valence-corrected chi connectivity index (χ4v) is 3.11. The van der Waals surface area contributed by atoms with Crippen molar-refractivity contribution in [2.75, 3.05) is 0 Å². The van der Waals surface area contributed by atoms with Gasteiger partial charge in [-0.3, -0.25) is 0 Å². The molecule has 1 saturated heterocycles. The Morgan fingerprint density at radius 2 is 1.92 bits per heavy atom. The Hall–Kier alpha value is -0.150. The van der Waals surface area contributed by atoms with Gasteiger partial charge in [-0.05, 0) is 34.6 Å². The van der Waals surface area contributed by atoms with Crippen molar-refractivity contribution in [3.63, 3.8) is 0 Å². The maximum absolute atomic E-state index is 12.0. The predicted octanol–water partition coefficient (Wildman–Crippen LogP) is 2.10. The average Bonchev–Trinajstić information content (AvgIpc) is 2.49. The van der Waals surface area contributed by atoms with Gasteiger partial charge >= 0.3 is 0 Å². The highest BCUT2D eigenvalue weighted by Gasteiger charge is 2.58. The summed E-state index contributed by atoms with van der Waals surface area (Å²) < 4.78 is 13.8. The Kier molecular flexibility index (Phi) is 2.46. The molecule has 13 heavy (non-hydrogen) atoms. The molecule has 0 radical (unpaired) electrons. The molecule has 1 rings (SSSR count). The molecule has 0 aliphatic carbocycles. The predicted molar refractivity (Wildman–Crippen MR) is 57.8 cm³/mol. The minimum absolute atomic E-state index is 0.0277. The number of nitrogens with zero attached hydrogens (tertiary/aromatic N) is 1. The van der Waals surface area contributed by atoms with Gasteiger partial charge in [-0.2, -0.15) is 0 Å². The maximum atomic E-state index is 12.0. The third-order valence-corrected chi connectivity index (χ3v) is 4.51. The van der Waals surface area contributed by atoms with E-state index in [1.54, 1.807) is 0 Å². The Morgan fingerprint density at radius 1 is 1.46 bits per heavy atom. The monoisotopic (exact) mass is 201 g/mol. The molecular formula is C10H19NOS. The molecule has 0 N–H and O–H groups in total. The summed E-state index contributed by atoms with van der Waals surface area (Å²) >= 11 is 0. The molecule has 0 bridgehead atoms. The molecule has 0 aromatic rings. The summed E-state index contributed by atoms with van der Waals surface area (Å²) in [6.45, 7) is 14.0. The van der Waals surface area contributed by atoms with Crippen LogP contribution >= 0.6 is 0 Å². The molecule has 0 spiro atoms. The van der Waals surface area contributed by atoms with Gasteiger partial charge in [0, 0.05) is 5.54 Å². The minimum Gasteiger partial charge on any atom is -0.242 e. The van der Waals surface area contributed by atoms with Crippen molar-refractivity contribution in [3.05, 3.63) is 12.7 Å². The van der Waals surface area contributed by atoms with Crippen molar-refractivity contribution in [1.82, 2.24) is 4.31 Å². The van der Waals surface area contributed by atoms with Crippen LogP contribution in [0.3, 0.4) is 0 Å². The molecule has 2 unspecified atom stereocenters. The van der Waals surface area contributed by atoms with E-state index >= 15 is 0 Å². The highest BCUT2D eigenvalue weighted by Crippen LogP contribution is 2.44. The largest absolute Gasteiger partial charge is 0.242 e. The first kappa shape index (κ1) is 10.9. The Balaban J connectivity index is 2.79. The average molecular weight is 201 g/mol. The quantitative estimate of drug-likeness (QED) is 0.495. The van der Waals surface area contributed by atoms with Crippen molar-refractivity contribution in [1.29, 1.82) is 0 Å². The van der Waals surface area contributed by atoms with Crippen LogP contribution in [-0.4, -0.2) is 24.8 Å². The molecule has 0 saturated carbocycles. The van der Waals surface area contributed by atoms with E-state index < -0.39 is 11.0 Å². The summed E-state index contributed by atoms with van der Waals surface area (Å²) in [5.41, 5.74) is 0.0277. The first-order valence-electron chi connectivity index (χ1n) is 4.57. The molecule has 0 aromatic carbocycles. The summed E-state index contributed by atoms with van der Waals surface area (Å²) in [6.07, 6.45) is 1.88. The highest BCUT2D eigenvalue weighted by atomic mass is 32.2. The van der Waals surface area contributed by atoms with Crippen LogP contribution in [0.25, 0.3) is 0 Å². The van der Waals surface area contributed by atoms with E-state index in [1.165, 1.54) is 0 Å². The van der Waals surface area contributed by atoms with Gasteiger partial charge in [0.15, 0.2) is 0 Å². The number of rotatable bonds is 2. The van der Waals surface area contributed by atoms with Gasteiger partial charge in [-0.15, -0.1) is 6.58 Å². The maximum Gasteiger partial charge on any atom is 0.101 e. The first-order chi connectivity index (χ1) is 5.73. The van der Waals surface area contributed by atoms with E-state index in [9.17, 15) is 4.21 Å². The van der Waals surface area contributed by atoms with Crippen molar-refractivity contribution < 1.29 is 4.21 Å². The lowest BCUT2D eigenvalue weighted by Gasteiger charge is -2.19. The zero-order valence-corrected chi connectivity index (χ0v) is 9.94. The van der Waals surface area contributed by atoms with Gasteiger partial charge in [0.05, 0.1) is 10.8 Å². The van der Waals surface area contributed by atoms with Crippen molar-refractivity contribution in [2.24, 2.45) is 0 Å². The molecule has 2 nitrogen and oxygen atoms in total. The lowest BCUT2D eigenvalue weighted by atomic mass is 10.1. The van der Waals surface area contributed by atoms with Gasteiger partial charge in [0.1, 0.15) is 11.0 Å². The fraction of sp³-hybridized carbons (Fsp3) is 0.800. The van der Waals surface area contributed by atoms with E-state index in [0.717, 1.165) is 0 Å². The van der Waals surface area contributed by atoms with Crippen molar-refractivity contribution >= 4 is 11.0 Å². The summed E-state index contributed by atoms with van der Waals surface area (Å²) in [5.74, 6) is 0. The van der Waals surface area contributed by atoms with Crippen LogP contribution in [0.4, 0.5) is 0 Å². The van der Waals surface area contributed by atoms with Crippen LogP contribution in [0, 0.1) is 0 Å². The number of hydrogen-bond acceptors (Lipinski definition) is 1. The van der Waals surface area contributed by atoms with E-state index in [-0.39, 0.29) is 16.3 Å². The molecule has 1 fully saturated rings. The molecule has 1 aliphatic heterocycles. The number of hydrogen-bond donors (Lipinski definition) is 0. The molecule has 0 amide bonds. The lowest BCUT2D eigenvalue weighted by Crippen LogP contribution is -2.29.